The number of pyridine rings is 1. The van der Waals surface area contributed by atoms with Gasteiger partial charge in [-0.05, 0) is 43.0 Å². The van der Waals surface area contributed by atoms with Crippen LogP contribution in [0.4, 0.5) is 0 Å². The summed E-state index contributed by atoms with van der Waals surface area (Å²) in [7, 11) is 0. The van der Waals surface area contributed by atoms with Crippen LogP contribution < -0.4 is 5.32 Å². The largest absolute Gasteiger partial charge is 0.312 e. The van der Waals surface area contributed by atoms with Crippen molar-refractivity contribution in [2.75, 3.05) is 19.6 Å². The van der Waals surface area contributed by atoms with E-state index in [0.717, 1.165) is 38.1 Å². The van der Waals surface area contributed by atoms with Crippen LogP contribution in [0.25, 0.3) is 0 Å². The first kappa shape index (κ1) is 15.5. The van der Waals surface area contributed by atoms with E-state index >= 15 is 0 Å². The van der Waals surface area contributed by atoms with E-state index in [1.807, 2.05) is 12.4 Å². The molecular formula is C17H29N3. The molecule has 1 saturated carbocycles. The van der Waals surface area contributed by atoms with Gasteiger partial charge in [-0.25, -0.2) is 0 Å². The molecule has 3 nitrogen and oxygen atoms in total. The number of rotatable bonds is 7. The molecule has 1 aromatic heterocycles. The van der Waals surface area contributed by atoms with E-state index in [9.17, 15) is 0 Å². The maximum atomic E-state index is 4.08. The standard InChI is InChI=1S/C17H29N3/c1-3-20(14-16-8-10-18-11-9-16)13-12-19-17-7-5-4-6-15(17)2/h8-11,15,17,19H,3-7,12-14H2,1-2H3. The second-order valence-electron chi connectivity index (χ2n) is 6.05. The summed E-state index contributed by atoms with van der Waals surface area (Å²) in [6.45, 7) is 9.00. The van der Waals surface area contributed by atoms with Crippen molar-refractivity contribution in [3.63, 3.8) is 0 Å². The van der Waals surface area contributed by atoms with Crippen molar-refractivity contribution in [1.82, 2.24) is 15.2 Å². The molecule has 0 bridgehead atoms. The molecule has 1 aliphatic rings. The summed E-state index contributed by atoms with van der Waals surface area (Å²) < 4.78 is 0. The topological polar surface area (TPSA) is 28.2 Å². The Kier molecular flexibility index (Phi) is 6.48. The number of hydrogen-bond donors (Lipinski definition) is 1. The fourth-order valence-corrected chi connectivity index (χ4v) is 3.12. The summed E-state index contributed by atoms with van der Waals surface area (Å²) in [6, 6.07) is 4.96. The lowest BCUT2D eigenvalue weighted by Gasteiger charge is -2.30. The third-order valence-electron chi connectivity index (χ3n) is 4.55. The van der Waals surface area contributed by atoms with Gasteiger partial charge in [-0.15, -0.1) is 0 Å². The Bertz CT molecular complexity index is 366. The maximum absolute atomic E-state index is 4.08. The number of nitrogens with zero attached hydrogens (tertiary/aromatic N) is 2. The van der Waals surface area contributed by atoms with Gasteiger partial charge in [0.2, 0.25) is 0 Å². The Morgan fingerprint density at radius 3 is 2.70 bits per heavy atom. The highest BCUT2D eigenvalue weighted by atomic mass is 15.1. The van der Waals surface area contributed by atoms with Crippen LogP contribution in [-0.4, -0.2) is 35.6 Å². The van der Waals surface area contributed by atoms with Gasteiger partial charge in [-0.2, -0.15) is 0 Å². The molecule has 0 saturated heterocycles. The number of hydrogen-bond acceptors (Lipinski definition) is 3. The zero-order valence-electron chi connectivity index (χ0n) is 13.0. The average molecular weight is 275 g/mol. The van der Waals surface area contributed by atoms with E-state index < -0.39 is 0 Å². The minimum Gasteiger partial charge on any atom is -0.312 e. The molecule has 0 aliphatic heterocycles. The van der Waals surface area contributed by atoms with Crippen molar-refractivity contribution in [1.29, 1.82) is 0 Å². The summed E-state index contributed by atoms with van der Waals surface area (Å²) in [5.41, 5.74) is 1.35. The van der Waals surface area contributed by atoms with Gasteiger partial charge in [-0.3, -0.25) is 9.88 Å². The molecule has 0 radical (unpaired) electrons. The van der Waals surface area contributed by atoms with Gasteiger partial charge in [0.25, 0.3) is 0 Å². The average Bonchev–Trinajstić information content (AvgIpc) is 2.49. The van der Waals surface area contributed by atoms with Gasteiger partial charge in [0.05, 0.1) is 0 Å². The van der Waals surface area contributed by atoms with Crippen molar-refractivity contribution in [3.8, 4) is 0 Å². The van der Waals surface area contributed by atoms with Gasteiger partial charge in [0.1, 0.15) is 0 Å². The molecule has 1 N–H and O–H groups in total. The Labute approximate surface area is 123 Å². The third-order valence-corrected chi connectivity index (χ3v) is 4.55. The van der Waals surface area contributed by atoms with Crippen LogP contribution in [0.2, 0.25) is 0 Å². The molecule has 1 aliphatic carbocycles. The molecule has 2 unspecified atom stereocenters. The van der Waals surface area contributed by atoms with Crippen molar-refractivity contribution in [3.05, 3.63) is 30.1 Å². The van der Waals surface area contributed by atoms with Crippen molar-refractivity contribution in [2.45, 2.75) is 52.1 Å². The fraction of sp³-hybridized carbons (Fsp3) is 0.706. The molecule has 1 fully saturated rings. The van der Waals surface area contributed by atoms with Gasteiger partial charge in [0.15, 0.2) is 0 Å². The summed E-state index contributed by atoms with van der Waals surface area (Å²) in [5, 5.41) is 3.77. The van der Waals surface area contributed by atoms with E-state index in [-0.39, 0.29) is 0 Å². The van der Waals surface area contributed by atoms with Crippen LogP contribution in [0.1, 0.15) is 45.1 Å². The molecular weight excluding hydrogens is 246 g/mol. The third kappa shape index (κ3) is 4.88. The Morgan fingerprint density at radius 1 is 1.25 bits per heavy atom. The van der Waals surface area contributed by atoms with Crippen molar-refractivity contribution < 1.29 is 0 Å². The Balaban J connectivity index is 1.71. The molecule has 0 spiro atoms. The maximum Gasteiger partial charge on any atom is 0.0271 e. The molecule has 2 atom stereocenters. The van der Waals surface area contributed by atoms with E-state index in [1.165, 1.54) is 31.2 Å². The highest BCUT2D eigenvalue weighted by molar-refractivity contribution is 5.09. The van der Waals surface area contributed by atoms with E-state index in [0.29, 0.717) is 0 Å². The molecule has 0 aromatic carbocycles. The van der Waals surface area contributed by atoms with Gasteiger partial charge >= 0.3 is 0 Å². The highest BCUT2D eigenvalue weighted by Gasteiger charge is 2.20. The Hall–Kier alpha value is -0.930. The SMILES string of the molecule is CCN(CCNC1CCCCC1C)Cc1ccncc1. The quantitative estimate of drug-likeness (QED) is 0.829. The molecule has 1 aromatic rings. The summed E-state index contributed by atoms with van der Waals surface area (Å²) in [4.78, 5) is 6.58. The van der Waals surface area contributed by atoms with Crippen LogP contribution in [0, 0.1) is 5.92 Å². The van der Waals surface area contributed by atoms with Gasteiger partial charge in [-0.1, -0.05) is 26.7 Å². The summed E-state index contributed by atoms with van der Waals surface area (Å²) in [6.07, 6.45) is 9.33. The minimum atomic E-state index is 0.739. The van der Waals surface area contributed by atoms with Crippen LogP contribution >= 0.6 is 0 Å². The lowest BCUT2D eigenvalue weighted by Crippen LogP contribution is -2.41. The van der Waals surface area contributed by atoms with Crippen LogP contribution in [0.15, 0.2) is 24.5 Å². The van der Waals surface area contributed by atoms with Crippen molar-refractivity contribution in [2.24, 2.45) is 5.92 Å². The van der Waals surface area contributed by atoms with Crippen LogP contribution in [0.5, 0.6) is 0 Å². The lowest BCUT2D eigenvalue weighted by molar-refractivity contribution is 0.242. The normalized spacial score (nSPS) is 23.1. The van der Waals surface area contributed by atoms with E-state index in [1.54, 1.807) is 0 Å². The Morgan fingerprint density at radius 2 is 2.00 bits per heavy atom. The fourth-order valence-electron chi connectivity index (χ4n) is 3.12. The first-order chi connectivity index (χ1) is 9.79. The van der Waals surface area contributed by atoms with Crippen molar-refractivity contribution >= 4 is 0 Å². The first-order valence-corrected chi connectivity index (χ1v) is 8.14. The van der Waals surface area contributed by atoms with E-state index in [4.69, 9.17) is 0 Å². The number of likely N-dealkylation sites (N-methyl/N-ethyl adjacent to an activating group) is 1. The summed E-state index contributed by atoms with van der Waals surface area (Å²) >= 11 is 0. The highest BCUT2D eigenvalue weighted by Crippen LogP contribution is 2.23. The van der Waals surface area contributed by atoms with Gasteiger partial charge in [0, 0.05) is 38.1 Å². The molecule has 20 heavy (non-hydrogen) atoms. The zero-order chi connectivity index (χ0) is 14.2. The minimum absolute atomic E-state index is 0.739. The van der Waals surface area contributed by atoms with Gasteiger partial charge < -0.3 is 5.32 Å². The lowest BCUT2D eigenvalue weighted by atomic mass is 9.86. The second-order valence-corrected chi connectivity index (χ2v) is 6.05. The zero-order valence-corrected chi connectivity index (χ0v) is 13.0. The second kappa shape index (κ2) is 8.38. The number of aromatic nitrogens is 1. The smallest absolute Gasteiger partial charge is 0.0271 e. The predicted octanol–water partition coefficient (Wildman–Crippen LogP) is 3.07. The van der Waals surface area contributed by atoms with E-state index in [2.05, 4.69) is 41.2 Å². The molecule has 2 rings (SSSR count). The molecule has 1 heterocycles. The monoisotopic (exact) mass is 275 g/mol. The molecule has 112 valence electrons. The van der Waals surface area contributed by atoms with Crippen LogP contribution in [0.3, 0.4) is 0 Å². The first-order valence-electron chi connectivity index (χ1n) is 8.14. The van der Waals surface area contributed by atoms with Crippen LogP contribution in [-0.2, 0) is 6.54 Å². The molecule has 0 amide bonds. The predicted molar refractivity (Wildman–Crippen MR) is 84.6 cm³/mol. The number of nitrogens with one attached hydrogen (secondary N) is 1. The summed E-state index contributed by atoms with van der Waals surface area (Å²) in [5.74, 6) is 0.846. The molecule has 3 heteroatoms.